The molecule has 7 nitrogen and oxygen atoms in total. The number of amides is 1. The second-order valence-electron chi connectivity index (χ2n) is 5.58. The van der Waals surface area contributed by atoms with E-state index in [1.165, 1.54) is 29.2 Å². The van der Waals surface area contributed by atoms with E-state index in [4.69, 9.17) is 4.74 Å². The molecule has 1 N–H and O–H groups in total. The Bertz CT molecular complexity index is 897. The van der Waals surface area contributed by atoms with Crippen molar-refractivity contribution in [2.75, 3.05) is 24.6 Å². The molecule has 2 aromatic carbocycles. The minimum absolute atomic E-state index is 0.0374. The summed E-state index contributed by atoms with van der Waals surface area (Å²) in [4.78, 5) is 26.1. The molecule has 0 radical (unpaired) electrons. The number of ether oxygens (including phenoxy) is 1. The summed E-state index contributed by atoms with van der Waals surface area (Å²) in [5, 5.41) is 0. The van der Waals surface area contributed by atoms with Crippen LogP contribution >= 0.6 is 0 Å². The number of sulfonamides is 1. The van der Waals surface area contributed by atoms with Crippen molar-refractivity contribution in [3.63, 3.8) is 0 Å². The van der Waals surface area contributed by atoms with E-state index in [1.54, 1.807) is 19.1 Å². The molecule has 2 aromatic rings. The molecule has 0 unspecified atom stereocenters. The number of hydrogen-bond acceptors (Lipinski definition) is 5. The first-order chi connectivity index (χ1) is 12.9. The van der Waals surface area contributed by atoms with Gasteiger partial charge in [0.1, 0.15) is 0 Å². The molecule has 0 atom stereocenters. The summed E-state index contributed by atoms with van der Waals surface area (Å²) in [5.74, 6) is -1.13. The third-order valence-electron chi connectivity index (χ3n) is 3.73. The average Bonchev–Trinajstić information content (AvgIpc) is 2.67. The van der Waals surface area contributed by atoms with Gasteiger partial charge in [-0.15, -0.1) is 0 Å². The first kappa shape index (κ1) is 20.6. The van der Waals surface area contributed by atoms with Gasteiger partial charge in [0.15, 0.2) is 6.61 Å². The largest absolute Gasteiger partial charge is 0.452 e. The van der Waals surface area contributed by atoms with E-state index in [0.717, 1.165) is 0 Å². The zero-order valence-corrected chi connectivity index (χ0v) is 16.0. The van der Waals surface area contributed by atoms with Crippen LogP contribution in [0, 0.1) is 0 Å². The topological polar surface area (TPSA) is 92.8 Å². The summed E-state index contributed by atoms with van der Waals surface area (Å²) in [6.07, 6.45) is 0. The number of carbonyl (C=O) groups excluding carboxylic acids is 2. The van der Waals surface area contributed by atoms with Crippen molar-refractivity contribution in [1.29, 1.82) is 0 Å². The zero-order valence-electron chi connectivity index (χ0n) is 15.2. The van der Waals surface area contributed by atoms with E-state index in [2.05, 4.69) is 4.72 Å². The van der Waals surface area contributed by atoms with Gasteiger partial charge in [-0.2, -0.15) is 0 Å². The maximum absolute atomic E-state index is 12.4. The Kier molecular flexibility index (Phi) is 7.09. The van der Waals surface area contributed by atoms with Crippen molar-refractivity contribution in [3.05, 3.63) is 60.2 Å². The van der Waals surface area contributed by atoms with Crippen LogP contribution in [0.25, 0.3) is 0 Å². The van der Waals surface area contributed by atoms with Gasteiger partial charge in [-0.05, 0) is 37.3 Å². The van der Waals surface area contributed by atoms with E-state index >= 15 is 0 Å². The zero-order chi connectivity index (χ0) is 19.9. The molecule has 0 bridgehead atoms. The Morgan fingerprint density at radius 2 is 1.74 bits per heavy atom. The van der Waals surface area contributed by atoms with E-state index in [1.807, 2.05) is 25.1 Å². The van der Waals surface area contributed by atoms with E-state index < -0.39 is 22.6 Å². The third kappa shape index (κ3) is 5.38. The van der Waals surface area contributed by atoms with E-state index in [0.29, 0.717) is 12.2 Å². The minimum atomic E-state index is -3.68. The number of nitrogens with zero attached hydrogens (tertiary/aromatic N) is 1. The number of benzene rings is 2. The molecule has 0 aliphatic carbocycles. The molecular weight excluding hydrogens is 368 g/mol. The van der Waals surface area contributed by atoms with Crippen molar-refractivity contribution in [3.8, 4) is 0 Å². The quantitative estimate of drug-likeness (QED) is 0.698. The molecule has 0 heterocycles. The maximum atomic E-state index is 12.4. The van der Waals surface area contributed by atoms with Gasteiger partial charge in [0.2, 0.25) is 10.0 Å². The summed E-state index contributed by atoms with van der Waals surface area (Å²) in [6.45, 7) is 3.70. The molecule has 2 rings (SSSR count). The molecule has 0 saturated heterocycles. The second kappa shape index (κ2) is 9.29. The summed E-state index contributed by atoms with van der Waals surface area (Å²) in [5.41, 5.74) is 0.768. The normalized spacial score (nSPS) is 11.0. The summed E-state index contributed by atoms with van der Waals surface area (Å²) < 4.78 is 31.5. The Balaban J connectivity index is 2.06. The minimum Gasteiger partial charge on any atom is -0.452 e. The molecule has 0 spiro atoms. The van der Waals surface area contributed by atoms with Gasteiger partial charge in [-0.25, -0.2) is 17.9 Å². The van der Waals surface area contributed by atoms with E-state index in [9.17, 15) is 18.0 Å². The van der Waals surface area contributed by atoms with Crippen LogP contribution < -0.4 is 9.62 Å². The predicted molar refractivity (Wildman–Crippen MR) is 102 cm³/mol. The van der Waals surface area contributed by atoms with Gasteiger partial charge in [-0.1, -0.05) is 31.2 Å². The van der Waals surface area contributed by atoms with Gasteiger partial charge in [0, 0.05) is 18.8 Å². The number of rotatable bonds is 8. The molecule has 0 fully saturated rings. The van der Waals surface area contributed by atoms with Gasteiger partial charge < -0.3 is 9.64 Å². The molecule has 0 aliphatic heterocycles. The Morgan fingerprint density at radius 1 is 1.04 bits per heavy atom. The molecule has 144 valence electrons. The lowest BCUT2D eigenvalue weighted by molar-refractivity contribution is -0.121. The highest BCUT2D eigenvalue weighted by molar-refractivity contribution is 7.89. The molecule has 8 heteroatoms. The fourth-order valence-electron chi connectivity index (χ4n) is 2.46. The van der Waals surface area contributed by atoms with Crippen LogP contribution in [0.5, 0.6) is 0 Å². The van der Waals surface area contributed by atoms with Crippen molar-refractivity contribution >= 4 is 27.6 Å². The maximum Gasteiger partial charge on any atom is 0.338 e. The Labute approximate surface area is 159 Å². The van der Waals surface area contributed by atoms with Crippen molar-refractivity contribution in [2.24, 2.45) is 0 Å². The highest BCUT2D eigenvalue weighted by atomic mass is 32.2. The van der Waals surface area contributed by atoms with Crippen molar-refractivity contribution in [1.82, 2.24) is 4.72 Å². The number of para-hydroxylation sites is 1. The number of anilines is 1. The highest BCUT2D eigenvalue weighted by Crippen LogP contribution is 2.15. The van der Waals surface area contributed by atoms with Crippen molar-refractivity contribution < 1.29 is 22.7 Å². The van der Waals surface area contributed by atoms with Gasteiger partial charge in [0.25, 0.3) is 5.91 Å². The van der Waals surface area contributed by atoms with Crippen LogP contribution in [0.4, 0.5) is 5.69 Å². The number of nitrogens with one attached hydrogen (secondary N) is 1. The smallest absolute Gasteiger partial charge is 0.338 e. The molecular formula is C19H22N2O5S. The summed E-state index contributed by atoms with van der Waals surface area (Å²) in [6, 6.07) is 14.5. The lowest BCUT2D eigenvalue weighted by Gasteiger charge is -2.20. The average molecular weight is 390 g/mol. The lowest BCUT2D eigenvalue weighted by Crippen LogP contribution is -2.34. The molecule has 0 aliphatic rings. The molecule has 0 aromatic heterocycles. The SMILES string of the molecule is CCNS(=O)(=O)c1cccc(C(=O)OCC(=O)N(CC)c2ccccc2)c1. The molecule has 0 saturated carbocycles. The van der Waals surface area contributed by atoms with Crippen LogP contribution in [0.1, 0.15) is 24.2 Å². The lowest BCUT2D eigenvalue weighted by atomic mass is 10.2. The number of carbonyl (C=O) groups is 2. The second-order valence-corrected chi connectivity index (χ2v) is 7.35. The Morgan fingerprint density at radius 3 is 2.37 bits per heavy atom. The number of hydrogen-bond donors (Lipinski definition) is 1. The van der Waals surface area contributed by atoms with Crippen molar-refractivity contribution in [2.45, 2.75) is 18.7 Å². The standard InChI is InChI=1S/C19H22N2O5S/c1-3-20-27(24,25)17-12-8-9-15(13-17)19(23)26-14-18(22)21(4-2)16-10-6-5-7-11-16/h5-13,20H,3-4,14H2,1-2H3. The van der Waals surface area contributed by atoms with Crippen LogP contribution in [-0.2, 0) is 19.6 Å². The number of esters is 1. The van der Waals surface area contributed by atoms with Gasteiger partial charge in [-0.3, -0.25) is 4.79 Å². The monoisotopic (exact) mass is 390 g/mol. The number of likely N-dealkylation sites (N-methyl/N-ethyl adjacent to an activating group) is 1. The van der Waals surface area contributed by atoms with Crippen LogP contribution in [0.15, 0.2) is 59.5 Å². The third-order valence-corrected chi connectivity index (χ3v) is 5.27. The first-order valence-electron chi connectivity index (χ1n) is 8.51. The summed E-state index contributed by atoms with van der Waals surface area (Å²) >= 11 is 0. The predicted octanol–water partition coefficient (Wildman–Crippen LogP) is 2.19. The van der Waals surface area contributed by atoms with Gasteiger partial charge in [0.05, 0.1) is 10.5 Å². The fourth-order valence-corrected chi connectivity index (χ4v) is 3.55. The molecule has 27 heavy (non-hydrogen) atoms. The first-order valence-corrected chi connectivity index (χ1v) is 9.99. The summed E-state index contributed by atoms with van der Waals surface area (Å²) in [7, 11) is -3.68. The highest BCUT2D eigenvalue weighted by Gasteiger charge is 2.19. The van der Waals surface area contributed by atoms with Crippen LogP contribution in [0.3, 0.4) is 0 Å². The molecule has 1 amide bonds. The van der Waals surface area contributed by atoms with Crippen LogP contribution in [0.2, 0.25) is 0 Å². The Hall–Kier alpha value is -2.71. The van der Waals surface area contributed by atoms with Crippen LogP contribution in [-0.4, -0.2) is 40.0 Å². The van der Waals surface area contributed by atoms with E-state index in [-0.39, 0.29) is 22.9 Å². The fraction of sp³-hybridized carbons (Fsp3) is 0.263. The van der Waals surface area contributed by atoms with Gasteiger partial charge >= 0.3 is 5.97 Å².